The van der Waals surface area contributed by atoms with Gasteiger partial charge in [-0.3, -0.25) is 24.6 Å². The Labute approximate surface area is 183 Å². The Hall–Kier alpha value is -3.20. The third-order valence-electron chi connectivity index (χ3n) is 6.03. The van der Waals surface area contributed by atoms with E-state index in [1.54, 1.807) is 11.1 Å². The molecule has 0 atom stereocenters. The molecule has 0 unspecified atom stereocenters. The summed E-state index contributed by atoms with van der Waals surface area (Å²) in [5, 5.41) is 0. The maximum absolute atomic E-state index is 13.5. The molecule has 166 valence electrons. The number of hydrogen-bond acceptors (Lipinski definition) is 5. The average molecular weight is 441 g/mol. The number of nitrogens with zero attached hydrogens (tertiary/aromatic N) is 5. The van der Waals surface area contributed by atoms with Crippen molar-refractivity contribution in [3.63, 3.8) is 0 Å². The molecule has 0 saturated carbocycles. The van der Waals surface area contributed by atoms with Crippen LogP contribution in [0.4, 0.5) is 13.2 Å². The second-order valence-corrected chi connectivity index (χ2v) is 8.17. The lowest BCUT2D eigenvalue weighted by molar-refractivity contribution is -0.137. The van der Waals surface area contributed by atoms with Crippen LogP contribution in [0.1, 0.15) is 23.1 Å². The fourth-order valence-electron chi connectivity index (χ4n) is 4.48. The van der Waals surface area contributed by atoms with Crippen LogP contribution in [0, 0.1) is 0 Å². The first-order valence-corrected chi connectivity index (χ1v) is 10.5. The van der Waals surface area contributed by atoms with Crippen LogP contribution in [0.5, 0.6) is 0 Å². The van der Waals surface area contributed by atoms with Crippen LogP contribution in [0.3, 0.4) is 0 Å². The summed E-state index contributed by atoms with van der Waals surface area (Å²) in [4.78, 5) is 28.1. The lowest BCUT2D eigenvalue weighted by Gasteiger charge is -2.42. The topological polar surface area (TPSA) is 52.0 Å². The van der Waals surface area contributed by atoms with Crippen molar-refractivity contribution in [1.82, 2.24) is 19.7 Å². The molecule has 0 radical (unpaired) electrons. The molecule has 32 heavy (non-hydrogen) atoms. The highest BCUT2D eigenvalue weighted by atomic mass is 19.4. The normalized spacial score (nSPS) is 19.2. The summed E-state index contributed by atoms with van der Waals surface area (Å²) in [6, 6.07) is 8.87. The van der Waals surface area contributed by atoms with Crippen molar-refractivity contribution in [2.45, 2.75) is 25.7 Å². The highest BCUT2D eigenvalue weighted by molar-refractivity contribution is 6.09. The zero-order valence-electron chi connectivity index (χ0n) is 17.3. The first-order chi connectivity index (χ1) is 15.4. The van der Waals surface area contributed by atoms with Gasteiger partial charge in [-0.05, 0) is 29.3 Å². The fraction of sp³-hybridized carbons (Fsp3) is 0.348. The smallest absolute Gasteiger partial charge is 0.314 e. The van der Waals surface area contributed by atoms with E-state index in [1.165, 1.54) is 12.1 Å². The van der Waals surface area contributed by atoms with E-state index in [1.807, 2.05) is 18.3 Å². The Balaban J connectivity index is 1.37. The first-order valence-electron chi connectivity index (χ1n) is 10.5. The van der Waals surface area contributed by atoms with Gasteiger partial charge in [-0.15, -0.1) is 0 Å². The quantitative estimate of drug-likeness (QED) is 0.731. The van der Waals surface area contributed by atoms with Crippen molar-refractivity contribution >= 4 is 11.9 Å². The number of pyridine rings is 1. The standard InChI is InChI=1S/C23H22F3N5O/c24-23(25,26)18-5-3-16(4-6-18)14-31-21(32)19-15-29(13-17-2-1-8-27-12-17)10-7-20(19)30-11-9-28-22(30)31/h1-6,8,12H,7,9-11,13-15H2. The summed E-state index contributed by atoms with van der Waals surface area (Å²) in [7, 11) is 0. The third kappa shape index (κ3) is 3.88. The van der Waals surface area contributed by atoms with E-state index < -0.39 is 11.7 Å². The second kappa shape index (κ2) is 8.05. The molecule has 6 nitrogen and oxygen atoms in total. The molecule has 0 spiro atoms. The minimum Gasteiger partial charge on any atom is -0.314 e. The van der Waals surface area contributed by atoms with E-state index in [4.69, 9.17) is 0 Å². The van der Waals surface area contributed by atoms with Crippen molar-refractivity contribution in [3.8, 4) is 0 Å². The third-order valence-corrected chi connectivity index (χ3v) is 6.03. The van der Waals surface area contributed by atoms with E-state index in [9.17, 15) is 18.0 Å². The number of fused-ring (bicyclic) bond motifs is 2. The van der Waals surface area contributed by atoms with Crippen LogP contribution in [-0.4, -0.2) is 57.7 Å². The van der Waals surface area contributed by atoms with E-state index >= 15 is 0 Å². The van der Waals surface area contributed by atoms with Crippen molar-refractivity contribution in [2.24, 2.45) is 4.99 Å². The molecule has 0 saturated heterocycles. The van der Waals surface area contributed by atoms with Gasteiger partial charge in [0.25, 0.3) is 5.91 Å². The van der Waals surface area contributed by atoms with E-state index in [0.717, 1.165) is 41.9 Å². The lowest BCUT2D eigenvalue weighted by atomic mass is 10.00. The van der Waals surface area contributed by atoms with Gasteiger partial charge in [0.05, 0.1) is 24.2 Å². The zero-order chi connectivity index (χ0) is 22.3. The molecule has 3 aliphatic heterocycles. The Morgan fingerprint density at radius 1 is 1.00 bits per heavy atom. The molecule has 5 rings (SSSR count). The summed E-state index contributed by atoms with van der Waals surface area (Å²) in [5.74, 6) is 0.488. The lowest BCUT2D eigenvalue weighted by Crippen LogP contribution is -2.53. The Bertz CT molecular complexity index is 1080. The molecule has 1 amide bonds. The van der Waals surface area contributed by atoms with Gasteiger partial charge in [0.15, 0.2) is 0 Å². The number of guanidine groups is 1. The number of aromatic nitrogens is 1. The van der Waals surface area contributed by atoms with Crippen LogP contribution in [0.15, 0.2) is 65.1 Å². The number of benzene rings is 1. The van der Waals surface area contributed by atoms with Gasteiger partial charge < -0.3 is 4.90 Å². The van der Waals surface area contributed by atoms with Gasteiger partial charge in [0, 0.05) is 50.7 Å². The van der Waals surface area contributed by atoms with Gasteiger partial charge in [-0.2, -0.15) is 13.2 Å². The number of carbonyl (C=O) groups excluding carboxylic acids is 1. The van der Waals surface area contributed by atoms with Crippen LogP contribution < -0.4 is 0 Å². The largest absolute Gasteiger partial charge is 0.416 e. The van der Waals surface area contributed by atoms with Crippen molar-refractivity contribution in [1.29, 1.82) is 0 Å². The predicted octanol–water partition coefficient (Wildman–Crippen LogP) is 3.27. The molecule has 1 aromatic heterocycles. The molecule has 9 heteroatoms. The maximum Gasteiger partial charge on any atom is 0.416 e. The fourth-order valence-corrected chi connectivity index (χ4v) is 4.48. The molecular formula is C23H22F3N5O. The van der Waals surface area contributed by atoms with Crippen LogP contribution >= 0.6 is 0 Å². The van der Waals surface area contributed by atoms with Crippen LogP contribution in [0.25, 0.3) is 0 Å². The van der Waals surface area contributed by atoms with Crippen molar-refractivity contribution < 1.29 is 18.0 Å². The van der Waals surface area contributed by atoms with Gasteiger partial charge in [-0.1, -0.05) is 18.2 Å². The molecule has 0 aliphatic carbocycles. The SMILES string of the molecule is O=C1C2=C(CCN(Cc3cccnc3)C2)N2CCN=C2N1Cc1ccc(C(F)(F)F)cc1. The number of hydrogen-bond donors (Lipinski definition) is 0. The molecule has 1 aromatic carbocycles. The first kappa shape index (κ1) is 20.7. The molecule has 0 bridgehead atoms. The summed E-state index contributed by atoms with van der Waals surface area (Å²) in [6.45, 7) is 3.57. The number of carbonyl (C=O) groups is 1. The molecular weight excluding hydrogens is 419 g/mol. The second-order valence-electron chi connectivity index (χ2n) is 8.17. The molecule has 4 heterocycles. The summed E-state index contributed by atoms with van der Waals surface area (Å²) < 4.78 is 38.7. The number of aliphatic imine (C=N–C) groups is 1. The monoisotopic (exact) mass is 441 g/mol. The predicted molar refractivity (Wildman–Crippen MR) is 112 cm³/mol. The molecule has 3 aliphatic rings. The maximum atomic E-state index is 13.5. The number of rotatable bonds is 4. The minimum absolute atomic E-state index is 0.118. The zero-order valence-corrected chi connectivity index (χ0v) is 17.3. The highest BCUT2D eigenvalue weighted by Crippen LogP contribution is 2.33. The summed E-state index contributed by atoms with van der Waals surface area (Å²) in [5.41, 5.74) is 2.79. The van der Waals surface area contributed by atoms with Crippen LogP contribution in [0.2, 0.25) is 0 Å². The van der Waals surface area contributed by atoms with Gasteiger partial charge >= 0.3 is 6.18 Å². The molecule has 0 fully saturated rings. The average Bonchev–Trinajstić information content (AvgIpc) is 3.27. The molecule has 0 N–H and O–H groups in total. The van der Waals surface area contributed by atoms with Gasteiger partial charge in [0.2, 0.25) is 5.96 Å². The highest BCUT2D eigenvalue weighted by Gasteiger charge is 2.41. The number of amides is 1. The van der Waals surface area contributed by atoms with Gasteiger partial charge in [-0.25, -0.2) is 0 Å². The van der Waals surface area contributed by atoms with E-state index in [2.05, 4.69) is 19.8 Å². The summed E-state index contributed by atoms with van der Waals surface area (Å²) >= 11 is 0. The number of alkyl halides is 3. The van der Waals surface area contributed by atoms with Crippen molar-refractivity contribution in [3.05, 3.63) is 76.8 Å². The Morgan fingerprint density at radius 2 is 1.81 bits per heavy atom. The van der Waals surface area contributed by atoms with Gasteiger partial charge in [0.1, 0.15) is 0 Å². The Kier molecular flexibility index (Phi) is 5.21. The van der Waals surface area contributed by atoms with Crippen LogP contribution in [-0.2, 0) is 24.1 Å². The Morgan fingerprint density at radius 3 is 2.53 bits per heavy atom. The molecule has 2 aromatic rings. The van der Waals surface area contributed by atoms with Crippen molar-refractivity contribution in [2.75, 3.05) is 26.2 Å². The number of halogens is 3. The minimum atomic E-state index is -4.38. The van der Waals surface area contributed by atoms with E-state index in [-0.39, 0.29) is 12.5 Å². The summed E-state index contributed by atoms with van der Waals surface area (Å²) in [6.07, 6.45) is -0.0626. The van der Waals surface area contributed by atoms with E-state index in [0.29, 0.717) is 37.7 Å².